The fourth-order valence-corrected chi connectivity index (χ4v) is 2.48. The Kier molecular flexibility index (Phi) is 4.31. The lowest BCUT2D eigenvalue weighted by molar-refractivity contribution is 0.0513. The second-order valence-electron chi connectivity index (χ2n) is 6.02. The summed E-state index contributed by atoms with van der Waals surface area (Å²) >= 11 is 0. The van der Waals surface area contributed by atoms with Crippen molar-refractivity contribution >= 4 is 18.5 Å². The van der Waals surface area contributed by atoms with Crippen molar-refractivity contribution in [2.24, 2.45) is 5.41 Å². The van der Waals surface area contributed by atoms with E-state index >= 15 is 0 Å². The average Bonchev–Trinajstić information content (AvgIpc) is 2.75. The van der Waals surface area contributed by atoms with Crippen molar-refractivity contribution in [2.45, 2.75) is 51.7 Å². The smallest absolute Gasteiger partial charge is 0.407 e. The van der Waals surface area contributed by atoms with Crippen molar-refractivity contribution in [1.29, 1.82) is 0 Å². The molecule has 0 aromatic carbocycles. The van der Waals surface area contributed by atoms with Gasteiger partial charge in [-0.05, 0) is 58.5 Å². The lowest BCUT2D eigenvalue weighted by atomic mass is 9.94. The van der Waals surface area contributed by atoms with Crippen LogP contribution in [0.4, 0.5) is 4.79 Å². The Morgan fingerprint density at radius 2 is 1.94 bits per heavy atom. The second kappa shape index (κ2) is 5.02. The predicted octanol–water partition coefficient (Wildman–Crippen LogP) is 2.08. The van der Waals surface area contributed by atoms with E-state index in [2.05, 4.69) is 10.6 Å². The Labute approximate surface area is 109 Å². The van der Waals surface area contributed by atoms with E-state index < -0.39 is 5.60 Å². The fourth-order valence-electron chi connectivity index (χ4n) is 2.48. The fraction of sp³-hybridized carbons (Fsp3) is 0.917. The van der Waals surface area contributed by atoms with Crippen molar-refractivity contribution < 1.29 is 9.53 Å². The van der Waals surface area contributed by atoms with Crippen molar-refractivity contribution in [2.75, 3.05) is 13.1 Å². The molecule has 0 bridgehead atoms. The quantitative estimate of drug-likeness (QED) is 0.761. The normalized spacial score (nSPS) is 25.9. The van der Waals surface area contributed by atoms with Crippen LogP contribution >= 0.6 is 12.4 Å². The van der Waals surface area contributed by atoms with Gasteiger partial charge in [0.25, 0.3) is 0 Å². The topological polar surface area (TPSA) is 50.4 Å². The largest absolute Gasteiger partial charge is 0.444 e. The van der Waals surface area contributed by atoms with E-state index in [1.807, 2.05) is 20.8 Å². The zero-order valence-corrected chi connectivity index (χ0v) is 11.7. The van der Waals surface area contributed by atoms with Gasteiger partial charge in [0.1, 0.15) is 5.60 Å². The molecule has 2 aliphatic rings. The Bertz CT molecular complexity index is 283. The maximum absolute atomic E-state index is 11.6. The third kappa shape index (κ3) is 3.75. The molecule has 5 heteroatoms. The maximum Gasteiger partial charge on any atom is 0.407 e. The first-order valence-corrected chi connectivity index (χ1v) is 6.12. The van der Waals surface area contributed by atoms with Crippen LogP contribution in [-0.2, 0) is 4.74 Å². The Hall–Kier alpha value is -0.480. The molecular weight excluding hydrogens is 240 g/mol. The van der Waals surface area contributed by atoms with E-state index in [-0.39, 0.29) is 18.5 Å². The summed E-state index contributed by atoms with van der Waals surface area (Å²) < 4.78 is 5.26. The standard InChI is InChI=1S/C12H22N2O2.ClH/c1-11(2,3)16-10(15)14-9-8-12(9)4-6-13-7-5-12;/h9,13H,4-8H2,1-3H3,(H,14,15);1H/t9-;/m1./s1. The van der Waals surface area contributed by atoms with Crippen LogP contribution in [0.3, 0.4) is 0 Å². The van der Waals surface area contributed by atoms with Gasteiger partial charge >= 0.3 is 6.09 Å². The highest BCUT2D eigenvalue weighted by atomic mass is 35.5. The van der Waals surface area contributed by atoms with Gasteiger partial charge in [0.05, 0.1) is 0 Å². The molecule has 4 nitrogen and oxygen atoms in total. The Balaban J connectivity index is 0.00000144. The van der Waals surface area contributed by atoms with E-state index in [1.54, 1.807) is 0 Å². The molecule has 1 amide bonds. The second-order valence-corrected chi connectivity index (χ2v) is 6.02. The van der Waals surface area contributed by atoms with Crippen LogP contribution in [-0.4, -0.2) is 30.8 Å². The maximum atomic E-state index is 11.6. The SMILES string of the molecule is CC(C)(C)OC(=O)N[C@@H]1CC12CCNCC2.Cl. The molecule has 1 saturated heterocycles. The summed E-state index contributed by atoms with van der Waals surface area (Å²) in [6, 6.07) is 0.337. The average molecular weight is 263 g/mol. The molecule has 1 saturated carbocycles. The Morgan fingerprint density at radius 1 is 1.35 bits per heavy atom. The highest BCUT2D eigenvalue weighted by Crippen LogP contribution is 2.52. The molecule has 1 spiro atoms. The van der Waals surface area contributed by atoms with Crippen LogP contribution in [0.5, 0.6) is 0 Å². The molecule has 1 atom stereocenters. The number of carbonyl (C=O) groups is 1. The lowest BCUT2D eigenvalue weighted by Crippen LogP contribution is -2.38. The van der Waals surface area contributed by atoms with Crippen molar-refractivity contribution in [3.63, 3.8) is 0 Å². The van der Waals surface area contributed by atoms with Crippen LogP contribution in [0.1, 0.15) is 40.0 Å². The molecule has 1 aliphatic heterocycles. The first-order valence-electron chi connectivity index (χ1n) is 6.12. The highest BCUT2D eigenvalue weighted by Gasteiger charge is 2.54. The number of rotatable bonds is 1. The van der Waals surface area contributed by atoms with Gasteiger partial charge in [0.2, 0.25) is 0 Å². The highest BCUT2D eigenvalue weighted by molar-refractivity contribution is 5.85. The zero-order valence-electron chi connectivity index (χ0n) is 10.8. The number of amides is 1. The lowest BCUT2D eigenvalue weighted by Gasteiger charge is -2.24. The predicted molar refractivity (Wildman–Crippen MR) is 69.6 cm³/mol. The molecule has 0 unspecified atom stereocenters. The minimum absolute atomic E-state index is 0. The number of hydrogen-bond donors (Lipinski definition) is 2. The van der Waals surface area contributed by atoms with Gasteiger partial charge in [-0.1, -0.05) is 0 Å². The van der Waals surface area contributed by atoms with Crippen molar-refractivity contribution in [1.82, 2.24) is 10.6 Å². The molecule has 17 heavy (non-hydrogen) atoms. The van der Waals surface area contributed by atoms with Gasteiger partial charge in [0.15, 0.2) is 0 Å². The summed E-state index contributed by atoms with van der Waals surface area (Å²) in [6.07, 6.45) is 3.20. The monoisotopic (exact) mass is 262 g/mol. The van der Waals surface area contributed by atoms with E-state index in [0.29, 0.717) is 11.5 Å². The van der Waals surface area contributed by atoms with Crippen LogP contribution in [0.15, 0.2) is 0 Å². The van der Waals surface area contributed by atoms with Crippen LogP contribution < -0.4 is 10.6 Å². The van der Waals surface area contributed by atoms with Gasteiger partial charge < -0.3 is 15.4 Å². The van der Waals surface area contributed by atoms with Gasteiger partial charge in [0, 0.05) is 6.04 Å². The molecule has 100 valence electrons. The van der Waals surface area contributed by atoms with Crippen LogP contribution in [0.2, 0.25) is 0 Å². The number of ether oxygens (including phenoxy) is 1. The summed E-state index contributed by atoms with van der Waals surface area (Å²) in [5, 5.41) is 6.33. The minimum atomic E-state index is -0.403. The minimum Gasteiger partial charge on any atom is -0.444 e. The summed E-state index contributed by atoms with van der Waals surface area (Å²) in [7, 11) is 0. The molecule has 0 aromatic heterocycles. The van der Waals surface area contributed by atoms with E-state index in [1.165, 1.54) is 12.8 Å². The summed E-state index contributed by atoms with van der Waals surface area (Å²) in [5.74, 6) is 0. The molecule has 1 aliphatic carbocycles. The number of halogens is 1. The summed E-state index contributed by atoms with van der Waals surface area (Å²) in [6.45, 7) is 7.82. The van der Waals surface area contributed by atoms with Crippen LogP contribution in [0, 0.1) is 5.41 Å². The molecule has 0 radical (unpaired) electrons. The zero-order chi connectivity index (χ0) is 11.8. The van der Waals surface area contributed by atoms with Crippen molar-refractivity contribution in [3.8, 4) is 0 Å². The number of carbonyl (C=O) groups excluding carboxylic acids is 1. The van der Waals surface area contributed by atoms with Gasteiger partial charge in [-0.15, -0.1) is 12.4 Å². The molecule has 0 aromatic rings. The first kappa shape index (κ1) is 14.6. The molecular formula is C12H23ClN2O2. The summed E-state index contributed by atoms with van der Waals surface area (Å²) in [4.78, 5) is 11.6. The first-order chi connectivity index (χ1) is 7.41. The van der Waals surface area contributed by atoms with Gasteiger partial charge in [-0.2, -0.15) is 0 Å². The number of nitrogens with one attached hydrogen (secondary N) is 2. The van der Waals surface area contributed by atoms with E-state index in [0.717, 1.165) is 19.5 Å². The van der Waals surface area contributed by atoms with Crippen LogP contribution in [0.25, 0.3) is 0 Å². The third-order valence-electron chi connectivity index (χ3n) is 3.48. The van der Waals surface area contributed by atoms with E-state index in [9.17, 15) is 4.79 Å². The van der Waals surface area contributed by atoms with Crippen molar-refractivity contribution in [3.05, 3.63) is 0 Å². The molecule has 2 N–H and O–H groups in total. The molecule has 2 fully saturated rings. The van der Waals surface area contributed by atoms with Gasteiger partial charge in [-0.25, -0.2) is 4.79 Å². The molecule has 2 rings (SSSR count). The van der Waals surface area contributed by atoms with Gasteiger partial charge in [-0.3, -0.25) is 0 Å². The molecule has 1 heterocycles. The Morgan fingerprint density at radius 3 is 2.47 bits per heavy atom. The summed E-state index contributed by atoms with van der Waals surface area (Å²) in [5.41, 5.74) is -0.0254. The number of piperidine rings is 1. The third-order valence-corrected chi connectivity index (χ3v) is 3.48. The number of hydrogen-bond acceptors (Lipinski definition) is 3. The van der Waals surface area contributed by atoms with E-state index in [4.69, 9.17) is 4.74 Å². The number of alkyl carbamates (subject to hydrolysis) is 1.